The highest BCUT2D eigenvalue weighted by Gasteiger charge is 2.63. The number of benzene rings is 2. The molecule has 2 unspecified atom stereocenters. The van der Waals surface area contributed by atoms with Gasteiger partial charge in [0.05, 0.1) is 11.7 Å². The predicted molar refractivity (Wildman–Crippen MR) is 117 cm³/mol. The fraction of sp³-hybridized carbons (Fsp3) is 0.320. The smallest absolute Gasteiger partial charge is 0.230 e. The van der Waals surface area contributed by atoms with Crippen molar-refractivity contribution in [3.63, 3.8) is 0 Å². The Morgan fingerprint density at radius 1 is 1.06 bits per heavy atom. The number of aliphatic hydroxyl groups excluding tert-OH is 2. The average Bonchev–Trinajstić information content (AvgIpc) is 2.75. The first-order valence-corrected chi connectivity index (χ1v) is 11.0. The molecule has 2 aromatic rings. The Morgan fingerprint density at radius 3 is 2.34 bits per heavy atom. The van der Waals surface area contributed by atoms with Gasteiger partial charge in [-0.05, 0) is 60.1 Å². The summed E-state index contributed by atoms with van der Waals surface area (Å²) in [6.45, 7) is 0. The number of fused-ring (bicyclic) bond motifs is 3. The number of hydrogen-bond acceptors (Lipinski definition) is 7. The summed E-state index contributed by atoms with van der Waals surface area (Å²) in [6.07, 6.45) is -1.70. The zero-order valence-corrected chi connectivity index (χ0v) is 18.2. The third kappa shape index (κ3) is 3.20. The van der Waals surface area contributed by atoms with Crippen LogP contribution in [0.2, 0.25) is 0 Å². The number of Topliss-reactive ketones (excluding diaryl/α,β-unsaturated/α-hetero) is 2. The van der Waals surface area contributed by atoms with Crippen LogP contribution < -0.4 is 5.73 Å². The average molecular weight is 485 g/mol. The molecule has 5 atom stereocenters. The quantitative estimate of drug-likeness (QED) is 0.404. The molecule has 0 bridgehead atoms. The van der Waals surface area contributed by atoms with Gasteiger partial charge in [-0.25, -0.2) is 8.78 Å². The number of primary amides is 1. The molecule has 0 saturated heterocycles. The maximum Gasteiger partial charge on any atom is 0.230 e. The zero-order chi connectivity index (χ0) is 25.4. The molecule has 10 heteroatoms. The van der Waals surface area contributed by atoms with E-state index in [2.05, 4.69) is 0 Å². The molecule has 5 rings (SSSR count). The van der Waals surface area contributed by atoms with Gasteiger partial charge < -0.3 is 26.2 Å². The van der Waals surface area contributed by atoms with Crippen LogP contribution in [0.5, 0.6) is 5.75 Å². The summed E-state index contributed by atoms with van der Waals surface area (Å²) in [7, 11) is 0. The number of nitrogens with two attached hydrogens (primary N) is 1. The second kappa shape index (κ2) is 7.69. The van der Waals surface area contributed by atoms with Crippen LogP contribution in [0.4, 0.5) is 8.78 Å². The van der Waals surface area contributed by atoms with Crippen molar-refractivity contribution in [3.05, 3.63) is 58.7 Å². The molecule has 0 aromatic heterocycles. The lowest BCUT2D eigenvalue weighted by Crippen LogP contribution is -2.66. The summed E-state index contributed by atoms with van der Waals surface area (Å²) in [5.74, 6) is -9.81. The van der Waals surface area contributed by atoms with Gasteiger partial charge in [-0.15, -0.1) is 0 Å². The summed E-state index contributed by atoms with van der Waals surface area (Å²) in [5, 5.41) is 43.1. The van der Waals surface area contributed by atoms with Crippen molar-refractivity contribution in [3.8, 4) is 16.9 Å². The van der Waals surface area contributed by atoms with Gasteiger partial charge in [0, 0.05) is 17.6 Å². The first-order chi connectivity index (χ1) is 16.4. The Kier molecular flexibility index (Phi) is 5.08. The molecule has 0 aliphatic heterocycles. The van der Waals surface area contributed by atoms with Gasteiger partial charge >= 0.3 is 0 Å². The van der Waals surface area contributed by atoms with Crippen molar-refractivity contribution in [2.45, 2.75) is 31.0 Å². The molecule has 2 aromatic carbocycles. The second-order valence-corrected chi connectivity index (χ2v) is 9.38. The lowest BCUT2D eigenvalue weighted by Gasteiger charge is -2.48. The maximum absolute atomic E-state index is 13.9. The highest BCUT2D eigenvalue weighted by Crippen LogP contribution is 2.52. The highest BCUT2D eigenvalue weighted by atomic mass is 19.1. The van der Waals surface area contributed by atoms with Crippen molar-refractivity contribution < 1.29 is 43.6 Å². The molecule has 0 heterocycles. The van der Waals surface area contributed by atoms with Crippen molar-refractivity contribution >= 4 is 23.2 Å². The highest BCUT2D eigenvalue weighted by molar-refractivity contribution is 6.24. The van der Waals surface area contributed by atoms with Crippen LogP contribution in [0.1, 0.15) is 24.0 Å². The monoisotopic (exact) mass is 485 g/mol. The molecule has 3 aliphatic rings. The SMILES string of the molecule is NC(=O)C1C(=O)[C@@]2(O)C(=O)C3=C(O)c4c(O)ccc(-c5cc(F)cc(F)c5)c4C[C@H]3C[C@H]2CC1O. The van der Waals surface area contributed by atoms with E-state index >= 15 is 0 Å². The van der Waals surface area contributed by atoms with Crippen LogP contribution in [0.15, 0.2) is 35.9 Å². The van der Waals surface area contributed by atoms with E-state index in [9.17, 15) is 43.6 Å². The Morgan fingerprint density at radius 2 is 1.71 bits per heavy atom. The number of carbonyl (C=O) groups excluding carboxylic acids is 3. The van der Waals surface area contributed by atoms with Gasteiger partial charge in [-0.2, -0.15) is 0 Å². The minimum Gasteiger partial charge on any atom is -0.507 e. The number of amides is 1. The Bertz CT molecular complexity index is 1330. The largest absolute Gasteiger partial charge is 0.507 e. The van der Waals surface area contributed by atoms with Crippen molar-refractivity contribution in [2.75, 3.05) is 0 Å². The maximum atomic E-state index is 13.9. The van der Waals surface area contributed by atoms with E-state index in [0.717, 1.165) is 12.1 Å². The number of rotatable bonds is 2. The summed E-state index contributed by atoms with van der Waals surface area (Å²) in [4.78, 5) is 38.2. The standard InChI is InChI=1S/C25H21F2NO7/c26-12-4-9(5-13(27)8-12)14-1-2-16(29)19-15(14)6-10-3-11-7-17(30)20(24(28)34)23(33)25(11,35)22(32)18(10)21(19)31/h1-2,4-5,8,10-11,17,20,29-31,35H,3,6-7H2,(H2,28,34)/t10-,11+,17?,20?,25+/m1/s1. The Hall–Kier alpha value is -3.63. The van der Waals surface area contributed by atoms with E-state index in [0.29, 0.717) is 17.2 Å². The third-order valence-electron chi connectivity index (χ3n) is 7.44. The molecule has 3 aliphatic carbocycles. The molecule has 182 valence electrons. The second-order valence-electron chi connectivity index (χ2n) is 9.38. The lowest BCUT2D eigenvalue weighted by atomic mass is 9.56. The fourth-order valence-corrected chi connectivity index (χ4v) is 5.90. The lowest BCUT2D eigenvalue weighted by molar-refractivity contribution is -0.174. The molecule has 35 heavy (non-hydrogen) atoms. The topological polar surface area (TPSA) is 158 Å². The van der Waals surface area contributed by atoms with Gasteiger partial charge in [0.2, 0.25) is 11.7 Å². The molecule has 2 fully saturated rings. The molecule has 6 N–H and O–H groups in total. The van der Waals surface area contributed by atoms with E-state index in [4.69, 9.17) is 5.73 Å². The van der Waals surface area contributed by atoms with E-state index < -0.39 is 70.1 Å². The number of aliphatic hydroxyl groups is 3. The third-order valence-corrected chi connectivity index (χ3v) is 7.44. The van der Waals surface area contributed by atoms with Gasteiger partial charge in [-0.1, -0.05) is 6.07 Å². The number of phenols is 1. The van der Waals surface area contributed by atoms with Gasteiger partial charge in [0.1, 0.15) is 29.1 Å². The predicted octanol–water partition coefficient (Wildman–Crippen LogP) is 1.53. The van der Waals surface area contributed by atoms with Gasteiger partial charge in [-0.3, -0.25) is 14.4 Å². The first kappa shape index (κ1) is 23.1. The molecule has 0 radical (unpaired) electrons. The molecule has 0 spiro atoms. The normalized spacial score (nSPS) is 29.9. The number of halogens is 2. The van der Waals surface area contributed by atoms with E-state index in [1.54, 1.807) is 0 Å². The van der Waals surface area contributed by atoms with Crippen LogP contribution >= 0.6 is 0 Å². The van der Waals surface area contributed by atoms with E-state index in [1.807, 2.05) is 0 Å². The first-order valence-electron chi connectivity index (χ1n) is 11.0. The van der Waals surface area contributed by atoms with Crippen LogP contribution in [0, 0.1) is 29.4 Å². The number of aromatic hydroxyl groups is 1. The number of hydrogen-bond donors (Lipinski definition) is 5. The van der Waals surface area contributed by atoms with Crippen LogP contribution in [0.3, 0.4) is 0 Å². The van der Waals surface area contributed by atoms with Gasteiger partial charge in [0.15, 0.2) is 11.4 Å². The molecule has 8 nitrogen and oxygen atoms in total. The minimum atomic E-state index is -2.67. The number of phenolic OH excluding ortho intramolecular Hbond substituents is 1. The van der Waals surface area contributed by atoms with Crippen molar-refractivity contribution in [1.29, 1.82) is 0 Å². The van der Waals surface area contributed by atoms with Crippen molar-refractivity contribution in [2.24, 2.45) is 23.5 Å². The zero-order valence-electron chi connectivity index (χ0n) is 18.2. The summed E-state index contributed by atoms with van der Waals surface area (Å²) >= 11 is 0. The van der Waals surface area contributed by atoms with Crippen molar-refractivity contribution in [1.82, 2.24) is 0 Å². The minimum absolute atomic E-state index is 0.0119. The molecule has 2 saturated carbocycles. The Balaban J connectivity index is 1.68. The fourth-order valence-electron chi connectivity index (χ4n) is 5.90. The molecule has 1 amide bonds. The number of ketones is 2. The van der Waals surface area contributed by atoms with E-state index in [-0.39, 0.29) is 36.0 Å². The summed E-state index contributed by atoms with van der Waals surface area (Å²) in [5.41, 5.74) is 2.92. The van der Waals surface area contributed by atoms with Crippen LogP contribution in [0.25, 0.3) is 16.9 Å². The summed E-state index contributed by atoms with van der Waals surface area (Å²) in [6, 6.07) is 5.53. The molecular formula is C25H21F2NO7. The van der Waals surface area contributed by atoms with E-state index in [1.165, 1.54) is 12.1 Å². The van der Waals surface area contributed by atoms with Crippen LogP contribution in [-0.2, 0) is 20.8 Å². The summed E-state index contributed by atoms with van der Waals surface area (Å²) < 4.78 is 27.8. The molecular weight excluding hydrogens is 464 g/mol. The van der Waals surface area contributed by atoms with Crippen LogP contribution in [-0.4, -0.2) is 49.6 Å². The van der Waals surface area contributed by atoms with Gasteiger partial charge in [0.25, 0.3) is 0 Å². The Labute approximate surface area is 197 Å². The number of carbonyl (C=O) groups is 3.